The summed E-state index contributed by atoms with van der Waals surface area (Å²) >= 11 is 0. The van der Waals surface area contributed by atoms with Crippen molar-refractivity contribution in [2.45, 2.75) is 33.1 Å². The molecule has 0 spiro atoms. The Labute approximate surface area is 109 Å². The molecule has 106 valence electrons. The van der Waals surface area contributed by atoms with Crippen molar-refractivity contribution in [2.24, 2.45) is 11.8 Å². The van der Waals surface area contributed by atoms with Gasteiger partial charge >= 0.3 is 12.0 Å². The van der Waals surface area contributed by atoms with Gasteiger partial charge in [0.2, 0.25) is 0 Å². The van der Waals surface area contributed by atoms with Crippen LogP contribution in [0, 0.1) is 11.8 Å². The Balaban J connectivity index is 3.90. The van der Waals surface area contributed by atoms with Crippen molar-refractivity contribution < 1.29 is 14.7 Å². The van der Waals surface area contributed by atoms with Crippen LogP contribution < -0.4 is 10.7 Å². The normalized spacial score (nSPS) is 12.6. The lowest BCUT2D eigenvalue weighted by Gasteiger charge is -2.20. The molecule has 18 heavy (non-hydrogen) atoms. The zero-order chi connectivity index (χ0) is 14.1. The molecule has 0 aliphatic heterocycles. The third-order valence-electron chi connectivity index (χ3n) is 2.80. The van der Waals surface area contributed by atoms with Gasteiger partial charge in [-0.3, -0.25) is 10.2 Å². The zero-order valence-corrected chi connectivity index (χ0v) is 11.7. The Kier molecular flexibility index (Phi) is 8.11. The molecular weight excluding hydrogens is 234 g/mol. The maximum absolute atomic E-state index is 11.3. The molecule has 0 aromatic rings. The fourth-order valence-electron chi connectivity index (χ4n) is 1.73. The topological polar surface area (TPSA) is 81.7 Å². The molecule has 0 bridgehead atoms. The van der Waals surface area contributed by atoms with Gasteiger partial charge in [0.05, 0.1) is 0 Å². The van der Waals surface area contributed by atoms with Gasteiger partial charge in [-0.1, -0.05) is 13.8 Å². The van der Waals surface area contributed by atoms with Gasteiger partial charge in [-0.2, -0.15) is 0 Å². The van der Waals surface area contributed by atoms with Crippen LogP contribution in [0.1, 0.15) is 33.1 Å². The number of urea groups is 1. The van der Waals surface area contributed by atoms with E-state index in [0.29, 0.717) is 24.8 Å². The number of nitrogens with one attached hydrogen (secondary N) is 2. The summed E-state index contributed by atoms with van der Waals surface area (Å²) in [4.78, 5) is 21.9. The Morgan fingerprint density at radius 3 is 2.28 bits per heavy atom. The highest BCUT2D eigenvalue weighted by Gasteiger charge is 2.15. The minimum atomic E-state index is -0.765. The first kappa shape index (κ1) is 16.7. The number of carboxylic acids is 1. The monoisotopic (exact) mass is 259 g/mol. The molecule has 6 heteroatoms. The number of carboxylic acid groups (broad SMARTS) is 1. The van der Waals surface area contributed by atoms with Gasteiger partial charge in [-0.15, -0.1) is 0 Å². The number of hydrazine groups is 1. The van der Waals surface area contributed by atoms with E-state index in [1.54, 1.807) is 19.1 Å². The highest BCUT2D eigenvalue weighted by Crippen LogP contribution is 2.20. The third-order valence-corrected chi connectivity index (χ3v) is 2.80. The first-order chi connectivity index (χ1) is 8.32. The van der Waals surface area contributed by atoms with Crippen LogP contribution in [0.3, 0.4) is 0 Å². The largest absolute Gasteiger partial charge is 0.481 e. The number of nitrogens with zero attached hydrogens (tertiary/aromatic N) is 1. The molecule has 0 heterocycles. The maximum Gasteiger partial charge on any atom is 0.329 e. The van der Waals surface area contributed by atoms with Crippen LogP contribution in [0.5, 0.6) is 0 Å². The first-order valence-electron chi connectivity index (χ1n) is 6.26. The van der Waals surface area contributed by atoms with Gasteiger partial charge < -0.3 is 10.4 Å². The van der Waals surface area contributed by atoms with Gasteiger partial charge in [-0.25, -0.2) is 9.80 Å². The van der Waals surface area contributed by atoms with Gasteiger partial charge in [0.25, 0.3) is 0 Å². The standard InChI is InChI=1S/C12H25N3O3/c1-9(2)10(5-6-11(16)17)7-8-13-12(18)14-15(3)4/h9-10H,5-8H2,1-4H3,(H,16,17)(H2,13,14,18). The molecule has 0 radical (unpaired) electrons. The van der Waals surface area contributed by atoms with E-state index in [1.165, 1.54) is 0 Å². The summed E-state index contributed by atoms with van der Waals surface area (Å²) in [5.74, 6) is -0.0252. The molecule has 1 atom stereocenters. The molecule has 6 nitrogen and oxygen atoms in total. The van der Waals surface area contributed by atoms with Crippen molar-refractivity contribution in [3.63, 3.8) is 0 Å². The molecule has 3 N–H and O–H groups in total. The van der Waals surface area contributed by atoms with E-state index in [4.69, 9.17) is 5.11 Å². The lowest BCUT2D eigenvalue weighted by molar-refractivity contribution is -0.137. The predicted molar refractivity (Wildman–Crippen MR) is 70.0 cm³/mol. The molecule has 2 amide bonds. The minimum Gasteiger partial charge on any atom is -0.481 e. The van der Waals surface area contributed by atoms with Gasteiger partial charge in [0, 0.05) is 27.1 Å². The second-order valence-corrected chi connectivity index (χ2v) is 4.99. The lowest BCUT2D eigenvalue weighted by Crippen LogP contribution is -2.43. The molecule has 0 fully saturated rings. The van der Waals surface area contributed by atoms with Crippen molar-refractivity contribution in [1.29, 1.82) is 0 Å². The summed E-state index contributed by atoms with van der Waals surface area (Å²) < 4.78 is 0. The molecule has 1 unspecified atom stereocenters. The number of carbonyl (C=O) groups excluding carboxylic acids is 1. The number of hydrogen-bond acceptors (Lipinski definition) is 3. The molecular formula is C12H25N3O3. The smallest absolute Gasteiger partial charge is 0.329 e. The lowest BCUT2D eigenvalue weighted by atomic mass is 9.88. The minimum absolute atomic E-state index is 0.187. The van der Waals surface area contributed by atoms with Crippen LogP contribution in [0.25, 0.3) is 0 Å². The Hall–Kier alpha value is -1.30. The molecule has 0 saturated carbocycles. The fraction of sp³-hybridized carbons (Fsp3) is 0.833. The van der Waals surface area contributed by atoms with Gasteiger partial charge in [0.1, 0.15) is 0 Å². The maximum atomic E-state index is 11.3. The van der Waals surface area contributed by atoms with Gasteiger partial charge in [0.15, 0.2) is 0 Å². The van der Waals surface area contributed by atoms with Gasteiger partial charge in [-0.05, 0) is 24.7 Å². The average Bonchev–Trinajstić information content (AvgIpc) is 2.20. The van der Waals surface area contributed by atoms with E-state index in [-0.39, 0.29) is 12.5 Å². The summed E-state index contributed by atoms with van der Waals surface area (Å²) in [6.07, 6.45) is 1.64. The predicted octanol–water partition coefficient (Wildman–Crippen LogP) is 1.29. The Bertz CT molecular complexity index is 267. The highest BCUT2D eigenvalue weighted by molar-refractivity contribution is 5.73. The number of carbonyl (C=O) groups is 2. The van der Waals surface area contributed by atoms with E-state index in [1.807, 2.05) is 0 Å². The van der Waals surface area contributed by atoms with Crippen LogP contribution in [0.15, 0.2) is 0 Å². The van der Waals surface area contributed by atoms with Crippen LogP contribution >= 0.6 is 0 Å². The summed E-state index contributed by atoms with van der Waals surface area (Å²) in [5.41, 5.74) is 2.59. The SMILES string of the molecule is CC(C)C(CCNC(=O)NN(C)C)CCC(=O)O. The summed E-state index contributed by atoms with van der Waals surface area (Å²) in [6.45, 7) is 4.71. The van der Waals surface area contributed by atoms with Crippen LogP contribution in [-0.4, -0.2) is 42.8 Å². The molecule has 0 rings (SSSR count). The summed E-state index contributed by atoms with van der Waals surface area (Å²) in [7, 11) is 3.48. The molecule has 0 aromatic heterocycles. The molecule has 0 aliphatic rings. The van der Waals surface area contributed by atoms with Crippen molar-refractivity contribution in [2.75, 3.05) is 20.6 Å². The molecule has 0 aromatic carbocycles. The van der Waals surface area contributed by atoms with Crippen molar-refractivity contribution >= 4 is 12.0 Å². The van der Waals surface area contributed by atoms with Crippen LogP contribution in [-0.2, 0) is 4.79 Å². The van der Waals surface area contributed by atoms with Crippen LogP contribution in [0.4, 0.5) is 4.79 Å². The number of hydrogen-bond donors (Lipinski definition) is 3. The second-order valence-electron chi connectivity index (χ2n) is 4.99. The molecule has 0 saturated heterocycles. The highest BCUT2D eigenvalue weighted by atomic mass is 16.4. The van der Waals surface area contributed by atoms with Crippen LogP contribution in [0.2, 0.25) is 0 Å². The zero-order valence-electron chi connectivity index (χ0n) is 11.7. The number of rotatable bonds is 8. The fourth-order valence-corrected chi connectivity index (χ4v) is 1.73. The van der Waals surface area contributed by atoms with Crippen molar-refractivity contribution in [3.8, 4) is 0 Å². The van der Waals surface area contributed by atoms with E-state index < -0.39 is 5.97 Å². The Morgan fingerprint density at radius 2 is 1.83 bits per heavy atom. The third kappa shape index (κ3) is 8.81. The van der Waals surface area contributed by atoms with Crippen molar-refractivity contribution in [1.82, 2.24) is 15.8 Å². The van der Waals surface area contributed by atoms with E-state index in [2.05, 4.69) is 24.6 Å². The average molecular weight is 259 g/mol. The van der Waals surface area contributed by atoms with E-state index in [0.717, 1.165) is 6.42 Å². The number of aliphatic carboxylic acids is 1. The first-order valence-corrected chi connectivity index (χ1v) is 6.26. The van der Waals surface area contributed by atoms with E-state index in [9.17, 15) is 9.59 Å². The Morgan fingerprint density at radius 1 is 1.22 bits per heavy atom. The quantitative estimate of drug-likeness (QED) is 0.574. The second kappa shape index (κ2) is 8.74. The van der Waals surface area contributed by atoms with Crippen molar-refractivity contribution in [3.05, 3.63) is 0 Å². The van der Waals surface area contributed by atoms with E-state index >= 15 is 0 Å². The molecule has 0 aliphatic carbocycles. The number of amides is 2. The summed E-state index contributed by atoms with van der Waals surface area (Å²) in [6, 6.07) is -0.235. The summed E-state index contributed by atoms with van der Waals surface area (Å²) in [5, 5.41) is 13.0.